The molecule has 72 valence electrons. The minimum absolute atomic E-state index is 0.114. The molecule has 1 nitrogen and oxygen atoms in total. The van der Waals surface area contributed by atoms with Gasteiger partial charge in [-0.1, -0.05) is 38.4 Å². The summed E-state index contributed by atoms with van der Waals surface area (Å²) in [4.78, 5) is 0. The van der Waals surface area contributed by atoms with Crippen molar-refractivity contribution in [3.05, 3.63) is 28.8 Å². The first kappa shape index (κ1) is 10.4. The van der Waals surface area contributed by atoms with Crippen molar-refractivity contribution in [2.75, 3.05) is 12.4 Å². The molecule has 0 bridgehead atoms. The van der Waals surface area contributed by atoms with E-state index in [1.54, 1.807) is 0 Å². The standard InChI is InChI=1S/C11H16ClN/c1-11(2,3)9-6-5-8(13-4)7-10(9)12/h5-7,13H,1-4H3. The van der Waals surface area contributed by atoms with Crippen molar-refractivity contribution in [3.63, 3.8) is 0 Å². The summed E-state index contributed by atoms with van der Waals surface area (Å²) in [5.41, 5.74) is 2.36. The average molecular weight is 198 g/mol. The number of halogens is 1. The van der Waals surface area contributed by atoms with E-state index in [9.17, 15) is 0 Å². The second kappa shape index (κ2) is 3.59. The Kier molecular flexibility index (Phi) is 2.87. The summed E-state index contributed by atoms with van der Waals surface area (Å²) in [7, 11) is 1.89. The number of nitrogens with one attached hydrogen (secondary N) is 1. The molecule has 2 heteroatoms. The molecule has 0 atom stereocenters. The first-order valence-corrected chi connectivity index (χ1v) is 4.80. The van der Waals surface area contributed by atoms with Crippen molar-refractivity contribution in [1.82, 2.24) is 0 Å². The molecule has 1 rings (SSSR count). The molecular formula is C11H16ClN. The predicted molar refractivity (Wildman–Crippen MR) is 59.7 cm³/mol. The van der Waals surface area contributed by atoms with E-state index in [-0.39, 0.29) is 5.41 Å². The average Bonchev–Trinajstić information content (AvgIpc) is 2.01. The Balaban J connectivity index is 3.13. The highest BCUT2D eigenvalue weighted by atomic mass is 35.5. The normalized spacial score (nSPS) is 11.5. The maximum absolute atomic E-state index is 6.15. The zero-order chi connectivity index (χ0) is 10.1. The van der Waals surface area contributed by atoms with Crippen LogP contribution in [0.25, 0.3) is 0 Å². The Morgan fingerprint density at radius 1 is 1.23 bits per heavy atom. The van der Waals surface area contributed by atoms with Crippen molar-refractivity contribution < 1.29 is 0 Å². The van der Waals surface area contributed by atoms with E-state index >= 15 is 0 Å². The largest absolute Gasteiger partial charge is 0.388 e. The van der Waals surface area contributed by atoms with Crippen LogP contribution < -0.4 is 5.32 Å². The molecule has 0 amide bonds. The van der Waals surface area contributed by atoms with Gasteiger partial charge < -0.3 is 5.32 Å². The van der Waals surface area contributed by atoms with E-state index in [0.717, 1.165) is 10.7 Å². The molecule has 0 aromatic heterocycles. The lowest BCUT2D eigenvalue weighted by atomic mass is 9.87. The van der Waals surface area contributed by atoms with Crippen LogP contribution in [-0.4, -0.2) is 7.05 Å². The second-order valence-electron chi connectivity index (χ2n) is 4.19. The van der Waals surface area contributed by atoms with Crippen molar-refractivity contribution in [1.29, 1.82) is 0 Å². The van der Waals surface area contributed by atoms with Gasteiger partial charge in [0.15, 0.2) is 0 Å². The number of benzene rings is 1. The van der Waals surface area contributed by atoms with Gasteiger partial charge in [-0.25, -0.2) is 0 Å². The highest BCUT2D eigenvalue weighted by molar-refractivity contribution is 6.31. The quantitative estimate of drug-likeness (QED) is 0.725. The molecule has 0 saturated heterocycles. The van der Waals surface area contributed by atoms with Crippen molar-refractivity contribution in [2.45, 2.75) is 26.2 Å². The van der Waals surface area contributed by atoms with Crippen LogP contribution in [0.5, 0.6) is 0 Å². The van der Waals surface area contributed by atoms with E-state index < -0.39 is 0 Å². The van der Waals surface area contributed by atoms with Crippen molar-refractivity contribution in [2.24, 2.45) is 0 Å². The molecular weight excluding hydrogens is 182 g/mol. The molecule has 0 unspecified atom stereocenters. The van der Waals surface area contributed by atoms with Crippen molar-refractivity contribution >= 4 is 17.3 Å². The van der Waals surface area contributed by atoms with Gasteiger partial charge in [-0.15, -0.1) is 0 Å². The van der Waals surface area contributed by atoms with Gasteiger partial charge in [0.05, 0.1) is 0 Å². The van der Waals surface area contributed by atoms with Gasteiger partial charge in [-0.2, -0.15) is 0 Å². The van der Waals surface area contributed by atoms with Crippen LogP contribution in [-0.2, 0) is 5.41 Å². The topological polar surface area (TPSA) is 12.0 Å². The van der Waals surface area contributed by atoms with Crippen molar-refractivity contribution in [3.8, 4) is 0 Å². The van der Waals surface area contributed by atoms with Gasteiger partial charge in [-0.3, -0.25) is 0 Å². The van der Waals surface area contributed by atoms with Gasteiger partial charge in [0, 0.05) is 17.8 Å². The van der Waals surface area contributed by atoms with Gasteiger partial charge in [0.1, 0.15) is 0 Å². The third-order valence-corrected chi connectivity index (χ3v) is 2.38. The minimum Gasteiger partial charge on any atom is -0.388 e. The van der Waals surface area contributed by atoms with Gasteiger partial charge >= 0.3 is 0 Å². The molecule has 0 spiro atoms. The highest BCUT2D eigenvalue weighted by Gasteiger charge is 2.16. The van der Waals surface area contributed by atoms with Crippen LogP contribution in [0.3, 0.4) is 0 Å². The molecule has 0 heterocycles. The van der Waals surface area contributed by atoms with E-state index in [0.29, 0.717) is 0 Å². The van der Waals surface area contributed by atoms with E-state index in [1.807, 2.05) is 19.2 Å². The number of anilines is 1. The molecule has 0 aliphatic heterocycles. The Morgan fingerprint density at radius 2 is 1.85 bits per heavy atom. The summed E-state index contributed by atoms with van der Waals surface area (Å²) >= 11 is 6.15. The lowest BCUT2D eigenvalue weighted by molar-refractivity contribution is 0.590. The van der Waals surface area contributed by atoms with E-state index in [2.05, 4.69) is 32.2 Å². The maximum Gasteiger partial charge on any atom is 0.0463 e. The molecule has 0 aliphatic rings. The second-order valence-corrected chi connectivity index (χ2v) is 4.60. The maximum atomic E-state index is 6.15. The summed E-state index contributed by atoms with van der Waals surface area (Å²) < 4.78 is 0. The summed E-state index contributed by atoms with van der Waals surface area (Å²) in [6, 6.07) is 6.09. The van der Waals surface area contributed by atoms with Crippen LogP contribution in [0.15, 0.2) is 18.2 Å². The van der Waals surface area contributed by atoms with Crippen LogP contribution in [0.2, 0.25) is 5.02 Å². The molecule has 13 heavy (non-hydrogen) atoms. The molecule has 0 saturated carbocycles. The Morgan fingerprint density at radius 3 is 2.23 bits per heavy atom. The van der Waals surface area contributed by atoms with Crippen LogP contribution in [0.1, 0.15) is 26.3 Å². The summed E-state index contributed by atoms with van der Waals surface area (Å²) in [5, 5.41) is 3.89. The monoisotopic (exact) mass is 197 g/mol. The molecule has 0 fully saturated rings. The summed E-state index contributed by atoms with van der Waals surface area (Å²) in [6.45, 7) is 6.48. The SMILES string of the molecule is CNc1ccc(C(C)(C)C)c(Cl)c1. The highest BCUT2D eigenvalue weighted by Crippen LogP contribution is 2.31. The summed E-state index contributed by atoms with van der Waals surface area (Å²) in [6.07, 6.45) is 0. The Labute approximate surface area is 85.1 Å². The first-order chi connectivity index (χ1) is 5.95. The first-order valence-electron chi connectivity index (χ1n) is 4.43. The molecule has 0 aliphatic carbocycles. The molecule has 1 aromatic carbocycles. The third kappa shape index (κ3) is 2.38. The molecule has 1 aromatic rings. The van der Waals surface area contributed by atoms with Crippen LogP contribution in [0.4, 0.5) is 5.69 Å². The molecule has 1 N–H and O–H groups in total. The van der Waals surface area contributed by atoms with Crippen LogP contribution >= 0.6 is 11.6 Å². The predicted octanol–water partition coefficient (Wildman–Crippen LogP) is 3.68. The zero-order valence-electron chi connectivity index (χ0n) is 8.61. The zero-order valence-corrected chi connectivity index (χ0v) is 9.37. The Bertz CT molecular complexity index is 299. The van der Waals surface area contributed by atoms with E-state index in [4.69, 9.17) is 11.6 Å². The Hall–Kier alpha value is -0.690. The molecule has 0 radical (unpaired) electrons. The lowest BCUT2D eigenvalue weighted by Gasteiger charge is -2.20. The van der Waals surface area contributed by atoms with Gasteiger partial charge in [0.2, 0.25) is 0 Å². The van der Waals surface area contributed by atoms with Gasteiger partial charge in [-0.05, 0) is 23.1 Å². The minimum atomic E-state index is 0.114. The third-order valence-electron chi connectivity index (χ3n) is 2.07. The fourth-order valence-corrected chi connectivity index (χ4v) is 1.74. The number of hydrogen-bond donors (Lipinski definition) is 1. The number of rotatable bonds is 1. The van der Waals surface area contributed by atoms with Gasteiger partial charge in [0.25, 0.3) is 0 Å². The fourth-order valence-electron chi connectivity index (χ4n) is 1.28. The number of hydrogen-bond acceptors (Lipinski definition) is 1. The smallest absolute Gasteiger partial charge is 0.0463 e. The van der Waals surface area contributed by atoms with Crippen LogP contribution in [0, 0.1) is 0 Å². The fraction of sp³-hybridized carbons (Fsp3) is 0.455. The lowest BCUT2D eigenvalue weighted by Crippen LogP contribution is -2.11. The van der Waals surface area contributed by atoms with E-state index in [1.165, 1.54) is 5.56 Å². The summed E-state index contributed by atoms with van der Waals surface area (Å²) in [5.74, 6) is 0.